The summed E-state index contributed by atoms with van der Waals surface area (Å²) in [5.74, 6) is 0.147. The van der Waals surface area contributed by atoms with Gasteiger partial charge in [0, 0.05) is 11.3 Å². The average Bonchev–Trinajstić information content (AvgIpc) is 2.96. The van der Waals surface area contributed by atoms with E-state index in [1.807, 2.05) is 12.1 Å². The van der Waals surface area contributed by atoms with Gasteiger partial charge in [-0.3, -0.25) is 14.9 Å². The molecule has 4 rings (SSSR count). The second-order valence-corrected chi connectivity index (χ2v) is 6.83. The third-order valence-corrected chi connectivity index (χ3v) is 5.20. The molecule has 1 aliphatic carbocycles. The molecule has 8 heteroatoms. The molecule has 0 spiro atoms. The number of hydrogen-bond donors (Lipinski definition) is 1. The van der Waals surface area contributed by atoms with Crippen molar-refractivity contribution in [3.8, 4) is 0 Å². The fraction of sp³-hybridized carbons (Fsp3) is 0.312. The summed E-state index contributed by atoms with van der Waals surface area (Å²) in [5, 5.41) is 17.6. The van der Waals surface area contributed by atoms with Crippen LogP contribution in [0.15, 0.2) is 35.3 Å². The van der Waals surface area contributed by atoms with E-state index in [9.17, 15) is 9.59 Å². The van der Waals surface area contributed by atoms with Gasteiger partial charge in [-0.2, -0.15) is 5.10 Å². The normalized spacial score (nSPS) is 14.5. The molecule has 1 aliphatic rings. The SMILES string of the molecule is O=C(Cn1ncc2ccccc2c1=O)Nc1nnc(C2CCC2)s1. The van der Waals surface area contributed by atoms with Crippen molar-refractivity contribution in [2.24, 2.45) is 0 Å². The number of rotatable bonds is 4. The van der Waals surface area contributed by atoms with Crippen LogP contribution in [0, 0.1) is 0 Å². The zero-order valence-corrected chi connectivity index (χ0v) is 13.6. The number of aromatic nitrogens is 4. The number of nitrogens with zero attached hydrogens (tertiary/aromatic N) is 4. The van der Waals surface area contributed by atoms with Gasteiger partial charge in [-0.25, -0.2) is 4.68 Å². The maximum atomic E-state index is 12.4. The van der Waals surface area contributed by atoms with Crippen molar-refractivity contribution >= 4 is 33.1 Å². The van der Waals surface area contributed by atoms with Crippen LogP contribution in [-0.4, -0.2) is 25.9 Å². The summed E-state index contributed by atoms with van der Waals surface area (Å²) in [6.07, 6.45) is 5.09. The van der Waals surface area contributed by atoms with Gasteiger partial charge in [0.05, 0.1) is 11.6 Å². The Hall–Kier alpha value is -2.61. The molecule has 7 nitrogen and oxygen atoms in total. The smallest absolute Gasteiger partial charge is 0.275 e. The molecule has 0 unspecified atom stereocenters. The molecule has 0 aliphatic heterocycles. The molecule has 0 saturated heterocycles. The molecular formula is C16H15N5O2S. The lowest BCUT2D eigenvalue weighted by atomic mass is 9.86. The van der Waals surface area contributed by atoms with Gasteiger partial charge in [0.2, 0.25) is 11.0 Å². The monoisotopic (exact) mass is 341 g/mol. The molecule has 0 atom stereocenters. The van der Waals surface area contributed by atoms with E-state index in [2.05, 4.69) is 20.6 Å². The summed E-state index contributed by atoms with van der Waals surface area (Å²) < 4.78 is 1.16. The van der Waals surface area contributed by atoms with Crippen LogP contribution < -0.4 is 10.9 Å². The summed E-state index contributed by atoms with van der Waals surface area (Å²) in [6, 6.07) is 7.17. The first-order valence-electron chi connectivity index (χ1n) is 7.79. The van der Waals surface area contributed by atoms with Crippen LogP contribution in [0.5, 0.6) is 0 Å². The number of anilines is 1. The van der Waals surface area contributed by atoms with Gasteiger partial charge in [-0.1, -0.05) is 36.0 Å². The summed E-state index contributed by atoms with van der Waals surface area (Å²) in [5.41, 5.74) is -0.282. The van der Waals surface area contributed by atoms with Crippen LogP contribution in [0.1, 0.15) is 30.2 Å². The van der Waals surface area contributed by atoms with Crippen molar-refractivity contribution in [2.45, 2.75) is 31.7 Å². The molecular weight excluding hydrogens is 326 g/mol. The summed E-state index contributed by atoms with van der Waals surface area (Å²) in [4.78, 5) is 24.5. The molecule has 1 amide bonds. The van der Waals surface area contributed by atoms with E-state index in [0.717, 1.165) is 27.9 Å². The molecule has 0 bridgehead atoms. The Labute approximate surface area is 141 Å². The molecule has 1 fully saturated rings. The highest BCUT2D eigenvalue weighted by atomic mass is 32.1. The topological polar surface area (TPSA) is 89.8 Å². The second-order valence-electron chi connectivity index (χ2n) is 5.82. The van der Waals surface area contributed by atoms with Crippen LogP contribution in [0.2, 0.25) is 0 Å². The van der Waals surface area contributed by atoms with Gasteiger partial charge in [-0.05, 0) is 18.9 Å². The van der Waals surface area contributed by atoms with Crippen molar-refractivity contribution in [1.29, 1.82) is 0 Å². The Morgan fingerprint density at radius 3 is 2.92 bits per heavy atom. The van der Waals surface area contributed by atoms with Gasteiger partial charge in [-0.15, -0.1) is 10.2 Å². The molecule has 3 aromatic rings. The van der Waals surface area contributed by atoms with E-state index in [1.54, 1.807) is 18.3 Å². The number of hydrogen-bond acceptors (Lipinski definition) is 6. The number of benzene rings is 1. The number of fused-ring (bicyclic) bond motifs is 1. The van der Waals surface area contributed by atoms with Gasteiger partial charge >= 0.3 is 0 Å². The zero-order chi connectivity index (χ0) is 16.5. The highest BCUT2D eigenvalue weighted by Crippen LogP contribution is 2.38. The minimum absolute atomic E-state index is 0.151. The molecule has 1 saturated carbocycles. The first kappa shape index (κ1) is 14.9. The van der Waals surface area contributed by atoms with E-state index < -0.39 is 0 Å². The van der Waals surface area contributed by atoms with E-state index in [4.69, 9.17) is 0 Å². The lowest BCUT2D eigenvalue weighted by molar-refractivity contribution is -0.117. The van der Waals surface area contributed by atoms with Crippen molar-refractivity contribution in [1.82, 2.24) is 20.0 Å². The molecule has 1 aromatic carbocycles. The average molecular weight is 341 g/mol. The quantitative estimate of drug-likeness (QED) is 0.785. The van der Waals surface area contributed by atoms with E-state index >= 15 is 0 Å². The molecule has 0 radical (unpaired) electrons. The Morgan fingerprint density at radius 2 is 2.12 bits per heavy atom. The first-order valence-corrected chi connectivity index (χ1v) is 8.60. The van der Waals surface area contributed by atoms with E-state index in [-0.39, 0.29) is 18.0 Å². The van der Waals surface area contributed by atoms with Crippen molar-refractivity contribution in [2.75, 3.05) is 5.32 Å². The minimum atomic E-state index is -0.337. The third-order valence-electron chi connectivity index (χ3n) is 4.20. The lowest BCUT2D eigenvalue weighted by Crippen LogP contribution is -2.29. The lowest BCUT2D eigenvalue weighted by Gasteiger charge is -2.21. The number of amides is 1. The summed E-state index contributed by atoms with van der Waals surface area (Å²) in [6.45, 7) is -0.151. The third kappa shape index (κ3) is 2.80. The largest absolute Gasteiger partial charge is 0.299 e. The van der Waals surface area contributed by atoms with Crippen molar-refractivity contribution in [3.63, 3.8) is 0 Å². The van der Waals surface area contributed by atoms with Crippen LogP contribution in [0.3, 0.4) is 0 Å². The Kier molecular flexibility index (Phi) is 3.81. The van der Waals surface area contributed by atoms with Crippen LogP contribution in [0.25, 0.3) is 10.8 Å². The Bertz CT molecular complexity index is 960. The molecule has 24 heavy (non-hydrogen) atoms. The predicted octanol–water partition coefficient (Wildman–Crippen LogP) is 2.15. The number of carbonyl (C=O) groups is 1. The van der Waals surface area contributed by atoms with Gasteiger partial charge in [0.25, 0.3) is 5.56 Å². The van der Waals surface area contributed by atoms with Gasteiger partial charge < -0.3 is 0 Å². The van der Waals surface area contributed by atoms with Crippen molar-refractivity contribution in [3.05, 3.63) is 45.8 Å². The van der Waals surface area contributed by atoms with Crippen LogP contribution in [0.4, 0.5) is 5.13 Å². The Morgan fingerprint density at radius 1 is 1.29 bits per heavy atom. The standard InChI is InChI=1S/C16H15N5O2S/c22-13(18-16-20-19-14(24-16)10-5-3-6-10)9-21-15(23)12-7-2-1-4-11(12)8-17-21/h1-2,4,7-8,10H,3,5-6,9H2,(H,18,20,22). The summed E-state index contributed by atoms with van der Waals surface area (Å²) in [7, 11) is 0. The molecule has 2 aromatic heterocycles. The van der Waals surface area contributed by atoms with Crippen LogP contribution >= 0.6 is 11.3 Å². The molecule has 1 N–H and O–H groups in total. The maximum absolute atomic E-state index is 12.4. The molecule has 122 valence electrons. The highest BCUT2D eigenvalue weighted by Gasteiger charge is 2.23. The molecule has 2 heterocycles. The Balaban J connectivity index is 1.48. The summed E-state index contributed by atoms with van der Waals surface area (Å²) >= 11 is 1.40. The van der Waals surface area contributed by atoms with Gasteiger partial charge in [0.1, 0.15) is 11.6 Å². The van der Waals surface area contributed by atoms with E-state index in [0.29, 0.717) is 16.4 Å². The minimum Gasteiger partial charge on any atom is -0.299 e. The highest BCUT2D eigenvalue weighted by molar-refractivity contribution is 7.15. The maximum Gasteiger partial charge on any atom is 0.275 e. The van der Waals surface area contributed by atoms with Gasteiger partial charge in [0.15, 0.2) is 0 Å². The van der Waals surface area contributed by atoms with E-state index in [1.165, 1.54) is 17.8 Å². The predicted molar refractivity (Wildman–Crippen MR) is 91.1 cm³/mol. The zero-order valence-electron chi connectivity index (χ0n) is 12.8. The van der Waals surface area contributed by atoms with Crippen LogP contribution in [-0.2, 0) is 11.3 Å². The number of nitrogens with one attached hydrogen (secondary N) is 1. The first-order chi connectivity index (χ1) is 11.7. The fourth-order valence-corrected chi connectivity index (χ4v) is 3.57. The second kappa shape index (κ2) is 6.12. The number of carbonyl (C=O) groups excluding carboxylic acids is 1. The fourth-order valence-electron chi connectivity index (χ4n) is 2.64. The van der Waals surface area contributed by atoms with Crippen molar-refractivity contribution < 1.29 is 4.79 Å².